The maximum atomic E-state index is 6.45. The standard InChI is InChI=1S/C17H27ClN2/c1-3-19-12-15-9-10-17(16(18)11-15)20(2)13-14-7-5-4-6-8-14/h9-11,14,19H,3-8,12-13H2,1-2H3. The largest absolute Gasteiger partial charge is 0.373 e. The molecule has 3 heteroatoms. The van der Waals surface area contributed by atoms with E-state index >= 15 is 0 Å². The summed E-state index contributed by atoms with van der Waals surface area (Å²) in [5.41, 5.74) is 2.42. The SMILES string of the molecule is CCNCc1ccc(N(C)CC2CCCCC2)c(Cl)c1. The van der Waals surface area contributed by atoms with Crippen LogP contribution < -0.4 is 10.2 Å². The first-order valence-corrected chi connectivity index (χ1v) is 8.28. The highest BCUT2D eigenvalue weighted by molar-refractivity contribution is 6.33. The second-order valence-corrected chi connectivity index (χ2v) is 6.36. The van der Waals surface area contributed by atoms with E-state index in [0.717, 1.165) is 36.3 Å². The van der Waals surface area contributed by atoms with E-state index in [4.69, 9.17) is 11.6 Å². The molecule has 1 aromatic rings. The number of rotatable bonds is 6. The fourth-order valence-corrected chi connectivity index (χ4v) is 3.44. The van der Waals surface area contributed by atoms with E-state index in [1.54, 1.807) is 0 Å². The summed E-state index contributed by atoms with van der Waals surface area (Å²) in [6, 6.07) is 6.44. The summed E-state index contributed by atoms with van der Waals surface area (Å²) in [4.78, 5) is 2.33. The van der Waals surface area contributed by atoms with E-state index in [2.05, 4.69) is 42.4 Å². The fourth-order valence-electron chi connectivity index (χ4n) is 3.09. The molecule has 0 heterocycles. The minimum Gasteiger partial charge on any atom is -0.373 e. The zero-order chi connectivity index (χ0) is 14.4. The van der Waals surface area contributed by atoms with Crippen molar-refractivity contribution in [1.82, 2.24) is 5.32 Å². The van der Waals surface area contributed by atoms with Gasteiger partial charge in [0.2, 0.25) is 0 Å². The van der Waals surface area contributed by atoms with E-state index in [9.17, 15) is 0 Å². The van der Waals surface area contributed by atoms with Gasteiger partial charge >= 0.3 is 0 Å². The van der Waals surface area contributed by atoms with E-state index in [1.807, 2.05) is 0 Å². The van der Waals surface area contributed by atoms with Crippen molar-refractivity contribution in [2.75, 3.05) is 25.0 Å². The van der Waals surface area contributed by atoms with Gasteiger partial charge in [0, 0.05) is 20.1 Å². The van der Waals surface area contributed by atoms with Crippen LogP contribution in [0.1, 0.15) is 44.6 Å². The van der Waals surface area contributed by atoms with Gasteiger partial charge in [0.1, 0.15) is 0 Å². The van der Waals surface area contributed by atoms with Crippen LogP contribution in [0.25, 0.3) is 0 Å². The zero-order valence-corrected chi connectivity index (χ0v) is 13.5. The van der Waals surface area contributed by atoms with Crippen molar-refractivity contribution in [2.45, 2.75) is 45.6 Å². The van der Waals surface area contributed by atoms with Crippen LogP contribution in [0.3, 0.4) is 0 Å². The molecule has 112 valence electrons. The first-order chi connectivity index (χ1) is 9.70. The molecule has 2 nitrogen and oxygen atoms in total. The Morgan fingerprint density at radius 1 is 1.25 bits per heavy atom. The predicted octanol–water partition coefficient (Wildman–Crippen LogP) is 4.47. The summed E-state index contributed by atoms with van der Waals surface area (Å²) in [6.07, 6.45) is 6.96. The van der Waals surface area contributed by atoms with Gasteiger partial charge < -0.3 is 10.2 Å². The topological polar surface area (TPSA) is 15.3 Å². The van der Waals surface area contributed by atoms with Gasteiger partial charge in [0.15, 0.2) is 0 Å². The minimum atomic E-state index is 0.839. The summed E-state index contributed by atoms with van der Waals surface area (Å²) >= 11 is 6.45. The maximum absolute atomic E-state index is 6.45. The molecule has 0 saturated heterocycles. The third-order valence-electron chi connectivity index (χ3n) is 4.26. The number of halogens is 1. The van der Waals surface area contributed by atoms with E-state index in [-0.39, 0.29) is 0 Å². The minimum absolute atomic E-state index is 0.839. The molecule has 0 atom stereocenters. The second kappa shape index (κ2) is 7.90. The lowest BCUT2D eigenvalue weighted by Crippen LogP contribution is -2.27. The quantitative estimate of drug-likeness (QED) is 0.833. The Morgan fingerprint density at radius 2 is 2.00 bits per heavy atom. The van der Waals surface area contributed by atoms with Crippen molar-refractivity contribution in [3.05, 3.63) is 28.8 Å². The lowest BCUT2D eigenvalue weighted by atomic mass is 9.89. The Morgan fingerprint density at radius 3 is 2.65 bits per heavy atom. The van der Waals surface area contributed by atoms with Gasteiger partial charge in [0.25, 0.3) is 0 Å². The Balaban J connectivity index is 1.96. The van der Waals surface area contributed by atoms with E-state index < -0.39 is 0 Å². The molecular weight excluding hydrogens is 268 g/mol. The highest BCUT2D eigenvalue weighted by Crippen LogP contribution is 2.30. The van der Waals surface area contributed by atoms with Crippen LogP contribution >= 0.6 is 11.6 Å². The summed E-state index contributed by atoms with van der Waals surface area (Å²) in [5, 5.41) is 4.21. The molecule has 0 radical (unpaired) electrons. The number of nitrogens with zero attached hydrogens (tertiary/aromatic N) is 1. The molecule has 0 spiro atoms. The van der Waals surface area contributed by atoms with Crippen LogP contribution in [0.4, 0.5) is 5.69 Å². The van der Waals surface area contributed by atoms with Crippen LogP contribution in [0.5, 0.6) is 0 Å². The monoisotopic (exact) mass is 294 g/mol. The second-order valence-electron chi connectivity index (χ2n) is 5.95. The van der Waals surface area contributed by atoms with Crippen LogP contribution in [0, 0.1) is 5.92 Å². The summed E-state index contributed by atoms with van der Waals surface area (Å²) in [5.74, 6) is 0.839. The molecular formula is C17H27ClN2. The molecule has 1 saturated carbocycles. The van der Waals surface area contributed by atoms with Crippen molar-refractivity contribution < 1.29 is 0 Å². The molecule has 1 aliphatic carbocycles. The van der Waals surface area contributed by atoms with Crippen LogP contribution in [-0.4, -0.2) is 20.1 Å². The van der Waals surface area contributed by atoms with Gasteiger partial charge in [-0.15, -0.1) is 0 Å². The first kappa shape index (κ1) is 15.7. The van der Waals surface area contributed by atoms with Crippen molar-refractivity contribution in [3.63, 3.8) is 0 Å². The number of benzene rings is 1. The molecule has 1 fully saturated rings. The molecule has 0 aromatic heterocycles. The summed E-state index contributed by atoms with van der Waals surface area (Å²) in [6.45, 7) is 5.13. The molecule has 20 heavy (non-hydrogen) atoms. The Kier molecular flexibility index (Phi) is 6.18. The van der Waals surface area contributed by atoms with Crippen LogP contribution in [0.15, 0.2) is 18.2 Å². The maximum Gasteiger partial charge on any atom is 0.0642 e. The molecule has 1 N–H and O–H groups in total. The molecule has 1 aliphatic rings. The third-order valence-corrected chi connectivity index (χ3v) is 4.56. The fraction of sp³-hybridized carbons (Fsp3) is 0.647. The molecule has 0 unspecified atom stereocenters. The van der Waals surface area contributed by atoms with Gasteiger partial charge in [-0.2, -0.15) is 0 Å². The van der Waals surface area contributed by atoms with E-state index in [1.165, 1.54) is 37.7 Å². The normalized spacial score (nSPS) is 16.4. The first-order valence-electron chi connectivity index (χ1n) is 7.91. The zero-order valence-electron chi connectivity index (χ0n) is 12.8. The van der Waals surface area contributed by atoms with Crippen molar-refractivity contribution in [2.24, 2.45) is 5.92 Å². The Bertz CT molecular complexity index is 413. The van der Waals surface area contributed by atoms with Crippen molar-refractivity contribution in [1.29, 1.82) is 0 Å². The lowest BCUT2D eigenvalue weighted by Gasteiger charge is -2.29. The third kappa shape index (κ3) is 4.39. The lowest BCUT2D eigenvalue weighted by molar-refractivity contribution is 0.362. The van der Waals surface area contributed by atoms with Gasteiger partial charge in [-0.25, -0.2) is 0 Å². The Hall–Kier alpha value is -0.730. The van der Waals surface area contributed by atoms with E-state index in [0.29, 0.717) is 0 Å². The van der Waals surface area contributed by atoms with Crippen LogP contribution in [0.2, 0.25) is 5.02 Å². The average molecular weight is 295 g/mol. The van der Waals surface area contributed by atoms with Crippen LogP contribution in [-0.2, 0) is 6.54 Å². The summed E-state index contributed by atoms with van der Waals surface area (Å²) in [7, 11) is 2.17. The molecule has 1 aromatic carbocycles. The molecule has 0 aliphatic heterocycles. The molecule has 0 bridgehead atoms. The molecule has 2 rings (SSSR count). The summed E-state index contributed by atoms with van der Waals surface area (Å²) < 4.78 is 0. The Labute approximate surface area is 128 Å². The van der Waals surface area contributed by atoms with Gasteiger partial charge in [-0.05, 0) is 43.0 Å². The van der Waals surface area contributed by atoms with Gasteiger partial charge in [-0.1, -0.05) is 43.9 Å². The van der Waals surface area contributed by atoms with Gasteiger partial charge in [-0.3, -0.25) is 0 Å². The number of nitrogens with one attached hydrogen (secondary N) is 1. The number of hydrogen-bond acceptors (Lipinski definition) is 2. The highest BCUT2D eigenvalue weighted by atomic mass is 35.5. The number of anilines is 1. The van der Waals surface area contributed by atoms with Crippen molar-refractivity contribution >= 4 is 17.3 Å². The van der Waals surface area contributed by atoms with Gasteiger partial charge in [0.05, 0.1) is 10.7 Å². The smallest absolute Gasteiger partial charge is 0.0642 e. The van der Waals surface area contributed by atoms with Crippen molar-refractivity contribution in [3.8, 4) is 0 Å². The predicted molar refractivity (Wildman–Crippen MR) is 88.7 cm³/mol. The molecule has 0 amide bonds. The highest BCUT2D eigenvalue weighted by Gasteiger charge is 2.16. The number of hydrogen-bond donors (Lipinski definition) is 1. The average Bonchev–Trinajstić information content (AvgIpc) is 2.46.